The monoisotopic (exact) mass is 140 g/mol. The molecule has 1 fully saturated rings. The first-order chi connectivity index (χ1) is 4.74. The first kappa shape index (κ1) is 7.00. The van der Waals surface area contributed by atoms with Crippen LogP contribution in [0.5, 0.6) is 0 Å². The Morgan fingerprint density at radius 2 is 2.30 bits per heavy atom. The fourth-order valence-corrected chi connectivity index (χ4v) is 1.27. The lowest BCUT2D eigenvalue weighted by Crippen LogP contribution is -2.14. The van der Waals surface area contributed by atoms with Gasteiger partial charge in [0.2, 0.25) is 6.04 Å². The third-order valence-electron chi connectivity index (χ3n) is 1.89. The van der Waals surface area contributed by atoms with Crippen molar-refractivity contribution in [3.05, 3.63) is 10.1 Å². The average Bonchev–Trinajstić information content (AvgIpc) is 2.34. The van der Waals surface area contributed by atoms with Crippen LogP contribution in [0, 0.1) is 27.4 Å². The molecule has 0 N–H and O–H groups in total. The lowest BCUT2D eigenvalue weighted by Gasteiger charge is -1.96. The SMILES string of the molecule is N#CC1CCC([N+](=O)[O-])C1. The molecule has 54 valence electrons. The zero-order chi connectivity index (χ0) is 7.56. The highest BCUT2D eigenvalue weighted by atomic mass is 16.6. The van der Waals surface area contributed by atoms with E-state index in [0.29, 0.717) is 19.3 Å². The molecule has 2 atom stereocenters. The van der Waals surface area contributed by atoms with Gasteiger partial charge in [-0.15, -0.1) is 0 Å². The summed E-state index contributed by atoms with van der Waals surface area (Å²) >= 11 is 0. The molecule has 2 unspecified atom stereocenters. The fourth-order valence-electron chi connectivity index (χ4n) is 1.27. The van der Waals surface area contributed by atoms with Gasteiger partial charge in [-0.25, -0.2) is 0 Å². The molecule has 1 aliphatic carbocycles. The van der Waals surface area contributed by atoms with E-state index in [1.54, 1.807) is 0 Å². The molecule has 1 saturated carbocycles. The van der Waals surface area contributed by atoms with E-state index in [4.69, 9.17) is 5.26 Å². The van der Waals surface area contributed by atoms with Crippen molar-refractivity contribution in [1.82, 2.24) is 0 Å². The Morgan fingerprint density at radius 3 is 2.60 bits per heavy atom. The van der Waals surface area contributed by atoms with Crippen molar-refractivity contribution >= 4 is 0 Å². The predicted molar refractivity (Wildman–Crippen MR) is 33.7 cm³/mol. The van der Waals surface area contributed by atoms with Gasteiger partial charge in [-0.05, 0) is 6.42 Å². The Balaban J connectivity index is 2.45. The van der Waals surface area contributed by atoms with Gasteiger partial charge in [-0.3, -0.25) is 10.1 Å². The van der Waals surface area contributed by atoms with E-state index in [2.05, 4.69) is 0 Å². The van der Waals surface area contributed by atoms with Crippen molar-refractivity contribution < 1.29 is 4.92 Å². The quantitative estimate of drug-likeness (QED) is 0.402. The van der Waals surface area contributed by atoms with Gasteiger partial charge in [0.1, 0.15) is 0 Å². The van der Waals surface area contributed by atoms with Crippen molar-refractivity contribution in [3.63, 3.8) is 0 Å². The third-order valence-corrected chi connectivity index (χ3v) is 1.89. The van der Waals surface area contributed by atoms with Gasteiger partial charge < -0.3 is 0 Å². The van der Waals surface area contributed by atoms with Crippen LogP contribution in [0.3, 0.4) is 0 Å². The normalized spacial score (nSPS) is 31.5. The van der Waals surface area contributed by atoms with Crippen LogP contribution in [0.1, 0.15) is 19.3 Å². The number of nitriles is 1. The molecule has 0 aromatic rings. The van der Waals surface area contributed by atoms with Gasteiger partial charge in [-0.2, -0.15) is 5.26 Å². The second kappa shape index (κ2) is 2.65. The molecule has 10 heavy (non-hydrogen) atoms. The Hall–Kier alpha value is -1.11. The van der Waals surface area contributed by atoms with Crippen molar-refractivity contribution in [1.29, 1.82) is 5.26 Å². The van der Waals surface area contributed by atoms with Crippen LogP contribution < -0.4 is 0 Å². The molecule has 0 bridgehead atoms. The van der Waals surface area contributed by atoms with Crippen LogP contribution in [0.25, 0.3) is 0 Å². The lowest BCUT2D eigenvalue weighted by atomic mass is 10.1. The van der Waals surface area contributed by atoms with Crippen LogP contribution in [0.2, 0.25) is 0 Å². The summed E-state index contributed by atoms with van der Waals surface area (Å²) in [6, 6.07) is 1.59. The Labute approximate surface area is 58.6 Å². The minimum absolute atomic E-state index is 0.0737. The van der Waals surface area contributed by atoms with E-state index >= 15 is 0 Å². The summed E-state index contributed by atoms with van der Waals surface area (Å²) in [7, 11) is 0. The largest absolute Gasteiger partial charge is 0.264 e. The van der Waals surface area contributed by atoms with Gasteiger partial charge >= 0.3 is 0 Å². The molecule has 1 rings (SSSR count). The summed E-state index contributed by atoms with van der Waals surface area (Å²) in [4.78, 5) is 9.88. The molecule has 0 heterocycles. The number of nitrogens with zero attached hydrogens (tertiary/aromatic N) is 2. The molecule has 0 saturated heterocycles. The summed E-state index contributed by atoms with van der Waals surface area (Å²) in [6.45, 7) is 0. The van der Waals surface area contributed by atoms with E-state index in [1.807, 2.05) is 6.07 Å². The van der Waals surface area contributed by atoms with Gasteiger partial charge in [0.15, 0.2) is 0 Å². The van der Waals surface area contributed by atoms with Gasteiger partial charge in [0.05, 0.1) is 12.0 Å². The minimum atomic E-state index is -0.454. The van der Waals surface area contributed by atoms with Crippen LogP contribution in [0.15, 0.2) is 0 Å². The second-order valence-electron chi connectivity index (χ2n) is 2.58. The molecular formula is C6H8N2O2. The molecule has 0 aromatic carbocycles. The number of hydrogen-bond acceptors (Lipinski definition) is 3. The predicted octanol–water partition coefficient (Wildman–Crippen LogP) is 0.955. The van der Waals surface area contributed by atoms with Crippen LogP contribution in [-0.2, 0) is 0 Å². The molecule has 0 aliphatic heterocycles. The van der Waals surface area contributed by atoms with E-state index < -0.39 is 6.04 Å². The first-order valence-corrected chi connectivity index (χ1v) is 3.27. The second-order valence-corrected chi connectivity index (χ2v) is 2.58. The molecule has 4 nitrogen and oxygen atoms in total. The van der Waals surface area contributed by atoms with E-state index in [0.717, 1.165) is 0 Å². The van der Waals surface area contributed by atoms with Crippen LogP contribution in [-0.4, -0.2) is 11.0 Å². The molecule has 0 radical (unpaired) electrons. The highest BCUT2D eigenvalue weighted by Gasteiger charge is 2.32. The summed E-state index contributed by atoms with van der Waals surface area (Å²) in [5, 5.41) is 18.6. The molecular weight excluding hydrogens is 132 g/mol. The van der Waals surface area contributed by atoms with E-state index in [-0.39, 0.29) is 10.8 Å². The highest BCUT2D eigenvalue weighted by Crippen LogP contribution is 2.26. The number of hydrogen-bond donors (Lipinski definition) is 0. The lowest BCUT2D eigenvalue weighted by molar-refractivity contribution is -0.520. The van der Waals surface area contributed by atoms with E-state index in [1.165, 1.54) is 0 Å². The molecule has 0 amide bonds. The number of rotatable bonds is 1. The van der Waals surface area contributed by atoms with Crippen LogP contribution in [0.4, 0.5) is 0 Å². The molecule has 1 aliphatic rings. The minimum Gasteiger partial charge on any atom is -0.264 e. The zero-order valence-corrected chi connectivity index (χ0v) is 5.49. The Kier molecular flexibility index (Phi) is 1.86. The van der Waals surface area contributed by atoms with Crippen LogP contribution >= 0.6 is 0 Å². The summed E-state index contributed by atoms with van der Waals surface area (Å²) in [6.07, 6.45) is 1.72. The Bertz CT molecular complexity index is 185. The maximum Gasteiger partial charge on any atom is 0.214 e. The van der Waals surface area contributed by atoms with Gasteiger partial charge in [0, 0.05) is 17.8 Å². The van der Waals surface area contributed by atoms with Gasteiger partial charge in [0.25, 0.3) is 0 Å². The van der Waals surface area contributed by atoms with Crippen molar-refractivity contribution in [3.8, 4) is 6.07 Å². The first-order valence-electron chi connectivity index (χ1n) is 3.27. The van der Waals surface area contributed by atoms with Gasteiger partial charge in [-0.1, -0.05) is 0 Å². The highest BCUT2D eigenvalue weighted by molar-refractivity contribution is 4.89. The fraction of sp³-hybridized carbons (Fsp3) is 0.833. The molecule has 0 aromatic heterocycles. The molecule has 4 heteroatoms. The maximum atomic E-state index is 10.2. The average molecular weight is 140 g/mol. The van der Waals surface area contributed by atoms with Crippen molar-refractivity contribution in [2.45, 2.75) is 25.3 Å². The van der Waals surface area contributed by atoms with Crippen molar-refractivity contribution in [2.24, 2.45) is 5.92 Å². The van der Waals surface area contributed by atoms with E-state index in [9.17, 15) is 10.1 Å². The summed E-state index contributed by atoms with van der Waals surface area (Å²) in [5.41, 5.74) is 0. The Morgan fingerprint density at radius 1 is 1.60 bits per heavy atom. The smallest absolute Gasteiger partial charge is 0.214 e. The van der Waals surface area contributed by atoms with Crippen molar-refractivity contribution in [2.75, 3.05) is 0 Å². The number of nitro groups is 1. The third kappa shape index (κ3) is 1.24. The molecule has 0 spiro atoms. The topological polar surface area (TPSA) is 66.9 Å². The maximum absolute atomic E-state index is 10.2. The summed E-state index contributed by atoms with van der Waals surface area (Å²) < 4.78 is 0. The zero-order valence-electron chi connectivity index (χ0n) is 5.49. The summed E-state index contributed by atoms with van der Waals surface area (Å²) in [5.74, 6) is -0.0737. The standard InChI is InChI=1S/C6H8N2O2/c7-4-5-1-2-6(3-5)8(9)10/h5-6H,1-3H2.